The van der Waals surface area contributed by atoms with Gasteiger partial charge in [-0.1, -0.05) is 24.3 Å². The van der Waals surface area contributed by atoms with Crippen LogP contribution in [-0.4, -0.2) is 36.3 Å². The van der Waals surface area contributed by atoms with E-state index in [2.05, 4.69) is 20.6 Å². The van der Waals surface area contributed by atoms with Crippen LogP contribution in [0.3, 0.4) is 0 Å². The molecule has 0 bridgehead atoms. The fourth-order valence-corrected chi connectivity index (χ4v) is 2.09. The standard InChI is InChI=1S/C16H18F3N5O/c1-24(2)14-20-9-13(10-21-14)23-15(25)22-8-12-6-4-3-5-11(12)7-16(17,18)19/h3-6,9-10H,7-8H2,1-2H3,(H2,22,23,25). The van der Waals surface area contributed by atoms with Crippen molar-refractivity contribution in [1.82, 2.24) is 15.3 Å². The first-order valence-corrected chi connectivity index (χ1v) is 7.42. The lowest BCUT2D eigenvalue weighted by molar-refractivity contribution is -0.127. The zero-order chi connectivity index (χ0) is 18.4. The van der Waals surface area contributed by atoms with Crippen LogP contribution in [-0.2, 0) is 13.0 Å². The third-order valence-electron chi connectivity index (χ3n) is 3.24. The number of aromatic nitrogens is 2. The smallest absolute Gasteiger partial charge is 0.347 e. The molecule has 9 heteroatoms. The summed E-state index contributed by atoms with van der Waals surface area (Å²) >= 11 is 0. The van der Waals surface area contributed by atoms with Crippen LogP contribution in [0, 0.1) is 0 Å². The van der Waals surface area contributed by atoms with Gasteiger partial charge in [0, 0.05) is 20.6 Å². The van der Waals surface area contributed by atoms with Crippen molar-refractivity contribution in [3.63, 3.8) is 0 Å². The number of anilines is 2. The van der Waals surface area contributed by atoms with Crippen LogP contribution >= 0.6 is 0 Å². The topological polar surface area (TPSA) is 70.2 Å². The quantitative estimate of drug-likeness (QED) is 0.867. The molecule has 0 aliphatic carbocycles. The molecule has 2 N–H and O–H groups in total. The molecule has 0 saturated carbocycles. The zero-order valence-corrected chi connectivity index (χ0v) is 13.8. The fourth-order valence-electron chi connectivity index (χ4n) is 2.09. The van der Waals surface area contributed by atoms with Crippen LogP contribution in [0.25, 0.3) is 0 Å². The number of alkyl halides is 3. The van der Waals surface area contributed by atoms with Crippen molar-refractivity contribution in [2.75, 3.05) is 24.3 Å². The molecule has 2 amide bonds. The van der Waals surface area contributed by atoms with E-state index in [1.165, 1.54) is 24.5 Å². The molecular weight excluding hydrogens is 335 g/mol. The normalized spacial score (nSPS) is 11.1. The van der Waals surface area contributed by atoms with Crippen LogP contribution in [0.4, 0.5) is 29.6 Å². The predicted octanol–water partition coefficient (Wildman–Crippen LogP) is 2.97. The van der Waals surface area contributed by atoms with Crippen LogP contribution < -0.4 is 15.5 Å². The molecule has 1 aromatic carbocycles. The largest absolute Gasteiger partial charge is 0.393 e. The Morgan fingerprint density at radius 3 is 2.28 bits per heavy atom. The summed E-state index contributed by atoms with van der Waals surface area (Å²) in [6.07, 6.45) is -2.45. The predicted molar refractivity (Wildman–Crippen MR) is 88.4 cm³/mol. The number of halogens is 3. The average Bonchev–Trinajstić information content (AvgIpc) is 2.53. The summed E-state index contributed by atoms with van der Waals surface area (Å²) in [5, 5.41) is 5.06. The van der Waals surface area contributed by atoms with Crippen LogP contribution in [0.5, 0.6) is 0 Å². The molecule has 0 fully saturated rings. The van der Waals surface area contributed by atoms with Gasteiger partial charge in [0.2, 0.25) is 5.95 Å². The maximum absolute atomic E-state index is 12.6. The van der Waals surface area contributed by atoms with Gasteiger partial charge >= 0.3 is 12.2 Å². The Morgan fingerprint density at radius 1 is 1.12 bits per heavy atom. The Hall–Kier alpha value is -2.84. The third kappa shape index (κ3) is 5.94. The average molecular weight is 353 g/mol. The molecule has 0 aliphatic rings. The highest BCUT2D eigenvalue weighted by Crippen LogP contribution is 2.23. The summed E-state index contributed by atoms with van der Waals surface area (Å²) in [5.74, 6) is 0.493. The first kappa shape index (κ1) is 18.5. The Balaban J connectivity index is 1.94. The zero-order valence-electron chi connectivity index (χ0n) is 13.8. The number of carbonyl (C=O) groups excluding carboxylic acids is 1. The van der Waals surface area contributed by atoms with Crippen molar-refractivity contribution in [3.8, 4) is 0 Å². The number of rotatable bonds is 5. The summed E-state index contributed by atoms with van der Waals surface area (Å²) in [4.78, 5) is 21.7. The van der Waals surface area contributed by atoms with Crippen LogP contribution in [0.15, 0.2) is 36.7 Å². The Bertz CT molecular complexity index is 716. The Morgan fingerprint density at radius 2 is 1.72 bits per heavy atom. The maximum Gasteiger partial charge on any atom is 0.393 e. The second-order valence-electron chi connectivity index (χ2n) is 5.53. The van der Waals surface area contributed by atoms with Crippen molar-refractivity contribution in [2.24, 2.45) is 0 Å². The molecule has 134 valence electrons. The molecule has 2 rings (SSSR count). The van der Waals surface area contributed by atoms with Gasteiger partial charge in [-0.25, -0.2) is 14.8 Å². The minimum absolute atomic E-state index is 0.0191. The van der Waals surface area contributed by atoms with E-state index < -0.39 is 18.6 Å². The van der Waals surface area contributed by atoms with E-state index >= 15 is 0 Å². The highest BCUT2D eigenvalue weighted by molar-refractivity contribution is 5.88. The van der Waals surface area contributed by atoms with E-state index in [1.54, 1.807) is 31.1 Å². The van der Waals surface area contributed by atoms with E-state index in [1.807, 2.05) is 0 Å². The third-order valence-corrected chi connectivity index (χ3v) is 3.24. The van der Waals surface area contributed by atoms with Gasteiger partial charge in [-0.15, -0.1) is 0 Å². The van der Waals surface area contributed by atoms with Gasteiger partial charge in [0.05, 0.1) is 24.5 Å². The first-order valence-electron chi connectivity index (χ1n) is 7.42. The van der Waals surface area contributed by atoms with Crippen molar-refractivity contribution >= 4 is 17.7 Å². The van der Waals surface area contributed by atoms with Gasteiger partial charge < -0.3 is 15.5 Å². The lowest BCUT2D eigenvalue weighted by atomic mass is 10.0. The SMILES string of the molecule is CN(C)c1ncc(NC(=O)NCc2ccccc2CC(F)(F)F)cn1. The van der Waals surface area contributed by atoms with E-state index in [9.17, 15) is 18.0 Å². The monoisotopic (exact) mass is 353 g/mol. The lowest BCUT2D eigenvalue weighted by Gasteiger charge is -2.13. The molecule has 0 spiro atoms. The minimum Gasteiger partial charge on any atom is -0.347 e. The lowest BCUT2D eigenvalue weighted by Crippen LogP contribution is -2.29. The highest BCUT2D eigenvalue weighted by atomic mass is 19.4. The van der Waals surface area contributed by atoms with Crippen LogP contribution in [0.1, 0.15) is 11.1 Å². The number of hydrogen-bond donors (Lipinski definition) is 2. The van der Waals surface area contributed by atoms with Crippen molar-refractivity contribution < 1.29 is 18.0 Å². The summed E-state index contributed by atoms with van der Waals surface area (Å²) in [6, 6.07) is 5.56. The van der Waals surface area contributed by atoms with E-state index in [0.717, 1.165) is 0 Å². The molecule has 0 aliphatic heterocycles. The molecule has 25 heavy (non-hydrogen) atoms. The first-order chi connectivity index (χ1) is 11.7. The summed E-state index contributed by atoms with van der Waals surface area (Å²) in [6.45, 7) is -0.0191. The van der Waals surface area contributed by atoms with E-state index in [0.29, 0.717) is 17.2 Å². The summed E-state index contributed by atoms with van der Waals surface area (Å²) in [5.41, 5.74) is 0.926. The molecule has 0 radical (unpaired) electrons. The second kappa shape index (κ2) is 7.82. The molecule has 0 unspecified atom stereocenters. The minimum atomic E-state index is -4.30. The van der Waals surface area contributed by atoms with Crippen molar-refractivity contribution in [3.05, 3.63) is 47.8 Å². The van der Waals surface area contributed by atoms with Gasteiger partial charge in [-0.05, 0) is 11.1 Å². The molecule has 1 aromatic heterocycles. The van der Waals surface area contributed by atoms with Gasteiger partial charge in [0.1, 0.15) is 0 Å². The molecule has 2 aromatic rings. The van der Waals surface area contributed by atoms with Gasteiger partial charge in [0.15, 0.2) is 0 Å². The van der Waals surface area contributed by atoms with Crippen molar-refractivity contribution in [2.45, 2.75) is 19.1 Å². The Labute approximate surface area is 143 Å². The fraction of sp³-hybridized carbons (Fsp3) is 0.312. The van der Waals surface area contributed by atoms with E-state index in [4.69, 9.17) is 0 Å². The number of nitrogens with zero attached hydrogens (tertiary/aromatic N) is 3. The molecule has 6 nitrogen and oxygen atoms in total. The number of carbonyl (C=O) groups is 1. The summed E-state index contributed by atoms with van der Waals surface area (Å²) in [7, 11) is 3.57. The number of nitrogens with one attached hydrogen (secondary N) is 2. The van der Waals surface area contributed by atoms with Crippen molar-refractivity contribution in [1.29, 1.82) is 0 Å². The number of amides is 2. The number of hydrogen-bond acceptors (Lipinski definition) is 4. The summed E-state index contributed by atoms with van der Waals surface area (Å²) < 4.78 is 37.7. The molecule has 0 saturated heterocycles. The Kier molecular flexibility index (Phi) is 5.79. The van der Waals surface area contributed by atoms with E-state index in [-0.39, 0.29) is 12.1 Å². The van der Waals surface area contributed by atoms with Crippen LogP contribution in [0.2, 0.25) is 0 Å². The van der Waals surface area contributed by atoms with Gasteiger partial charge in [-0.3, -0.25) is 0 Å². The number of benzene rings is 1. The number of urea groups is 1. The molecule has 0 atom stereocenters. The second-order valence-corrected chi connectivity index (χ2v) is 5.53. The van der Waals surface area contributed by atoms with Gasteiger partial charge in [-0.2, -0.15) is 13.2 Å². The highest BCUT2D eigenvalue weighted by Gasteiger charge is 2.28. The maximum atomic E-state index is 12.6. The molecule has 1 heterocycles. The molecular formula is C16H18F3N5O. The van der Waals surface area contributed by atoms with Gasteiger partial charge in [0.25, 0.3) is 0 Å².